The van der Waals surface area contributed by atoms with Crippen LogP contribution in [0.5, 0.6) is 0 Å². The smallest absolute Gasteiger partial charge is 0.324 e. The third-order valence-electron chi connectivity index (χ3n) is 4.85. The largest absolute Gasteiger partial charge is 0.461 e. The average Bonchev–Trinajstić information content (AvgIpc) is 3.38. The lowest BCUT2D eigenvalue weighted by molar-refractivity contribution is -0.150. The summed E-state index contributed by atoms with van der Waals surface area (Å²) in [7, 11) is 0. The van der Waals surface area contributed by atoms with Crippen LogP contribution in [0.3, 0.4) is 0 Å². The van der Waals surface area contributed by atoms with Gasteiger partial charge in [0, 0.05) is 16.9 Å². The number of carbonyl (C=O) groups excluding carboxylic acids is 3. The topological polar surface area (TPSA) is 151 Å². The molecule has 1 aliphatic rings. The van der Waals surface area contributed by atoms with Gasteiger partial charge in [-0.2, -0.15) is 0 Å². The molecule has 0 spiro atoms. The number of ether oxygens (including phenoxy) is 1. The maximum absolute atomic E-state index is 12.0. The summed E-state index contributed by atoms with van der Waals surface area (Å²) < 4.78 is 5.40. The molecule has 8 nitrogen and oxygen atoms in total. The van der Waals surface area contributed by atoms with Gasteiger partial charge in [0.15, 0.2) is 0 Å². The molecule has 0 saturated heterocycles. The summed E-state index contributed by atoms with van der Waals surface area (Å²) in [5.41, 5.74) is 18.2. The summed E-state index contributed by atoms with van der Waals surface area (Å²) in [5.74, 6) is 4.84. The highest BCUT2D eigenvalue weighted by Crippen LogP contribution is 2.35. The lowest BCUT2D eigenvalue weighted by atomic mass is 10.1. The molecule has 162 valence electrons. The highest BCUT2D eigenvalue weighted by atomic mass is 32.1. The fourth-order valence-corrected chi connectivity index (χ4v) is 4.31. The van der Waals surface area contributed by atoms with Crippen LogP contribution < -0.4 is 22.5 Å². The number of primary amides is 2. The van der Waals surface area contributed by atoms with Gasteiger partial charge in [-0.25, -0.2) is 4.79 Å². The zero-order valence-electron chi connectivity index (χ0n) is 16.9. The Bertz CT molecular complexity index is 1030. The summed E-state index contributed by atoms with van der Waals surface area (Å²) in [6.07, 6.45) is 4.18. The Balaban J connectivity index is 1.62. The number of rotatable bonds is 6. The molecule has 0 unspecified atom stereocenters. The van der Waals surface area contributed by atoms with E-state index in [2.05, 4.69) is 17.2 Å². The van der Waals surface area contributed by atoms with E-state index in [1.165, 1.54) is 11.3 Å². The number of hydrogen-bond acceptors (Lipinski definition) is 6. The molecule has 1 atom stereocenters. The van der Waals surface area contributed by atoms with Crippen molar-refractivity contribution in [3.63, 3.8) is 0 Å². The normalized spacial score (nSPS) is 14.4. The Morgan fingerprint density at radius 2 is 1.84 bits per heavy atom. The minimum atomic E-state index is -0.771. The minimum Gasteiger partial charge on any atom is -0.461 e. The van der Waals surface area contributed by atoms with E-state index < -0.39 is 23.9 Å². The molecule has 2 aromatic rings. The fourth-order valence-electron chi connectivity index (χ4n) is 3.24. The van der Waals surface area contributed by atoms with E-state index in [-0.39, 0.29) is 18.1 Å². The van der Waals surface area contributed by atoms with Crippen LogP contribution in [0.25, 0.3) is 10.4 Å². The van der Waals surface area contributed by atoms with E-state index in [4.69, 9.17) is 21.9 Å². The van der Waals surface area contributed by atoms with Gasteiger partial charge >= 0.3 is 12.0 Å². The molecule has 31 heavy (non-hydrogen) atoms. The second kappa shape index (κ2) is 10.1. The Hall–Kier alpha value is -3.35. The highest BCUT2D eigenvalue weighted by Gasteiger charge is 2.22. The molecule has 3 rings (SSSR count). The van der Waals surface area contributed by atoms with Crippen molar-refractivity contribution in [1.82, 2.24) is 0 Å². The Labute approximate surface area is 184 Å². The van der Waals surface area contributed by atoms with Crippen LogP contribution in [0.15, 0.2) is 30.3 Å². The fraction of sp³-hybridized carbons (Fsp3) is 0.318. The molecule has 0 aliphatic heterocycles. The number of amides is 3. The van der Waals surface area contributed by atoms with E-state index in [0.717, 1.165) is 41.7 Å². The number of benzene rings is 1. The third-order valence-corrected chi connectivity index (χ3v) is 5.95. The van der Waals surface area contributed by atoms with Crippen molar-refractivity contribution < 1.29 is 19.1 Å². The number of nitrogens with one attached hydrogen (secondary N) is 1. The SMILES string of the molecule is NC(=O)Nc1sc(-c2ccc(C#CC[C@H](N)C(=O)OC3CCCC3)cc2)cc1C(N)=O. The van der Waals surface area contributed by atoms with E-state index in [0.29, 0.717) is 5.00 Å². The molecule has 1 fully saturated rings. The van der Waals surface area contributed by atoms with Crippen molar-refractivity contribution in [2.75, 3.05) is 5.32 Å². The standard InChI is InChI=1S/C22H24N4O4S/c23-17(21(28)30-15-5-1-2-6-15)7-3-4-13-8-10-14(11-9-13)18-12-16(19(24)27)20(31-18)26-22(25)29/h8-12,15,17H,1-2,5-7,23H2,(H2,24,27)(H3,25,26,29)/t17-/m0/s1. The molecule has 7 N–H and O–H groups in total. The van der Waals surface area contributed by atoms with Gasteiger partial charge in [-0.3, -0.25) is 14.9 Å². The molecule has 1 aromatic heterocycles. The number of anilines is 1. The quantitative estimate of drug-likeness (QED) is 0.402. The van der Waals surface area contributed by atoms with Gasteiger partial charge in [0.1, 0.15) is 17.1 Å². The van der Waals surface area contributed by atoms with Gasteiger partial charge in [-0.15, -0.1) is 11.3 Å². The molecule has 1 heterocycles. The lowest BCUT2D eigenvalue weighted by Gasteiger charge is -2.14. The summed E-state index contributed by atoms with van der Waals surface area (Å²) in [6.45, 7) is 0. The monoisotopic (exact) mass is 440 g/mol. The summed E-state index contributed by atoms with van der Waals surface area (Å²) >= 11 is 1.20. The first kappa shape index (κ1) is 22.3. The van der Waals surface area contributed by atoms with Crippen LogP contribution in [0.2, 0.25) is 0 Å². The second-order valence-corrected chi connectivity index (χ2v) is 8.29. The first-order valence-electron chi connectivity index (χ1n) is 9.89. The number of thiophene rings is 1. The minimum absolute atomic E-state index is 0.00919. The van der Waals surface area contributed by atoms with Crippen LogP contribution in [0.4, 0.5) is 9.80 Å². The maximum atomic E-state index is 12.0. The molecule has 1 aliphatic carbocycles. The number of hydrogen-bond donors (Lipinski definition) is 4. The predicted molar refractivity (Wildman–Crippen MR) is 119 cm³/mol. The van der Waals surface area contributed by atoms with Gasteiger partial charge < -0.3 is 21.9 Å². The summed E-state index contributed by atoms with van der Waals surface area (Å²) in [4.78, 5) is 35.5. The third kappa shape index (κ3) is 6.07. The zero-order chi connectivity index (χ0) is 22.4. The molecular weight excluding hydrogens is 416 g/mol. The molecule has 9 heteroatoms. The van der Waals surface area contributed by atoms with Gasteiger partial charge in [0.2, 0.25) is 0 Å². The van der Waals surface area contributed by atoms with Crippen molar-refractivity contribution in [2.45, 2.75) is 44.2 Å². The Morgan fingerprint density at radius 3 is 2.45 bits per heavy atom. The highest BCUT2D eigenvalue weighted by molar-refractivity contribution is 7.20. The summed E-state index contributed by atoms with van der Waals surface area (Å²) in [6, 6.07) is 7.37. The number of carbonyl (C=O) groups is 3. The van der Waals surface area contributed by atoms with E-state index >= 15 is 0 Å². The second-order valence-electron chi connectivity index (χ2n) is 7.24. The van der Waals surface area contributed by atoms with Crippen molar-refractivity contribution >= 4 is 34.2 Å². The molecule has 0 bridgehead atoms. The van der Waals surface area contributed by atoms with Crippen molar-refractivity contribution in [3.8, 4) is 22.3 Å². The van der Waals surface area contributed by atoms with Gasteiger partial charge in [-0.05, 0) is 49.4 Å². The van der Waals surface area contributed by atoms with E-state index in [1.807, 2.05) is 24.3 Å². The van der Waals surface area contributed by atoms with Crippen LogP contribution in [-0.4, -0.2) is 30.1 Å². The van der Waals surface area contributed by atoms with Gasteiger partial charge in [-0.1, -0.05) is 24.0 Å². The number of esters is 1. The zero-order valence-corrected chi connectivity index (χ0v) is 17.7. The average molecular weight is 441 g/mol. The van der Waals surface area contributed by atoms with Crippen LogP contribution in [0.1, 0.15) is 48.0 Å². The van der Waals surface area contributed by atoms with Crippen LogP contribution in [-0.2, 0) is 9.53 Å². The first-order chi connectivity index (χ1) is 14.8. The van der Waals surface area contributed by atoms with E-state index in [1.54, 1.807) is 6.07 Å². The molecule has 0 radical (unpaired) electrons. The molecular formula is C22H24N4O4S. The summed E-state index contributed by atoms with van der Waals surface area (Å²) in [5, 5.41) is 2.71. The Kier molecular flexibility index (Phi) is 7.28. The molecule has 1 aromatic carbocycles. The van der Waals surface area contributed by atoms with Crippen LogP contribution in [0, 0.1) is 11.8 Å². The molecule has 3 amide bonds. The lowest BCUT2D eigenvalue weighted by Crippen LogP contribution is -2.34. The van der Waals surface area contributed by atoms with Crippen LogP contribution >= 0.6 is 11.3 Å². The van der Waals surface area contributed by atoms with Crippen molar-refractivity contribution in [2.24, 2.45) is 17.2 Å². The predicted octanol–water partition coefficient (Wildman–Crippen LogP) is 2.56. The number of nitrogens with two attached hydrogens (primary N) is 3. The number of urea groups is 1. The molecule has 1 saturated carbocycles. The van der Waals surface area contributed by atoms with E-state index in [9.17, 15) is 14.4 Å². The first-order valence-corrected chi connectivity index (χ1v) is 10.7. The van der Waals surface area contributed by atoms with Crippen molar-refractivity contribution in [3.05, 3.63) is 41.5 Å². The van der Waals surface area contributed by atoms with Crippen molar-refractivity contribution in [1.29, 1.82) is 0 Å². The maximum Gasteiger partial charge on any atom is 0.324 e. The van der Waals surface area contributed by atoms with Gasteiger partial charge in [0.05, 0.1) is 5.56 Å². The Morgan fingerprint density at radius 1 is 1.16 bits per heavy atom. The van der Waals surface area contributed by atoms with Gasteiger partial charge in [0.25, 0.3) is 5.91 Å².